The van der Waals surface area contributed by atoms with Gasteiger partial charge in [0.25, 0.3) is 0 Å². The Labute approximate surface area is 121 Å². The van der Waals surface area contributed by atoms with Crippen LogP contribution >= 0.6 is 0 Å². The zero-order valence-corrected chi connectivity index (χ0v) is 11.2. The summed E-state index contributed by atoms with van der Waals surface area (Å²) in [5.74, 6) is 0. The Balaban J connectivity index is 1.94. The van der Waals surface area contributed by atoms with Crippen molar-refractivity contribution in [1.29, 1.82) is 0 Å². The molecule has 0 aromatic heterocycles. The molecule has 3 aliphatic heterocycles. The van der Waals surface area contributed by atoms with Crippen molar-refractivity contribution in [3.05, 3.63) is 82.2 Å². The number of ether oxygens (including phenoxy) is 1. The number of hydrogen-bond acceptors (Lipinski definition) is 3. The molecule has 2 atom stereocenters. The van der Waals surface area contributed by atoms with Gasteiger partial charge in [-0.15, -0.1) is 0 Å². The second kappa shape index (κ2) is 3.85. The van der Waals surface area contributed by atoms with Gasteiger partial charge in [0.15, 0.2) is 0 Å². The second-order valence-corrected chi connectivity index (χ2v) is 5.42. The van der Waals surface area contributed by atoms with Crippen molar-refractivity contribution in [3.8, 4) is 0 Å². The minimum Gasteiger partial charge on any atom is -0.342 e. The predicted octanol–water partition coefficient (Wildman–Crippen LogP) is 1.71. The molecule has 2 unspecified atom stereocenters. The molecule has 0 N–H and O–H groups in total. The van der Waals surface area contributed by atoms with E-state index in [-0.39, 0.29) is 0 Å². The molecule has 2 aromatic rings. The van der Waals surface area contributed by atoms with Gasteiger partial charge in [-0.25, -0.2) is 0 Å². The highest BCUT2D eigenvalue weighted by atomic mass is 17.2. The predicted molar refractivity (Wildman–Crippen MR) is 77.0 cm³/mol. The Morgan fingerprint density at radius 1 is 0.952 bits per heavy atom. The minimum atomic E-state index is -0.611. The van der Waals surface area contributed by atoms with E-state index in [2.05, 4.69) is 30.4 Å². The van der Waals surface area contributed by atoms with Crippen LogP contribution in [0.1, 0.15) is 11.1 Å². The lowest BCUT2D eigenvalue weighted by Crippen LogP contribution is -2.50. The molecule has 3 heteroatoms. The molecule has 4 bridgehead atoms. The van der Waals surface area contributed by atoms with Crippen LogP contribution in [-0.4, -0.2) is 6.29 Å². The fourth-order valence-electron chi connectivity index (χ4n) is 3.42. The smallest absolute Gasteiger partial charge is 0.231 e. The molecule has 0 fully saturated rings. The summed E-state index contributed by atoms with van der Waals surface area (Å²) in [7, 11) is 0. The van der Waals surface area contributed by atoms with Crippen LogP contribution in [0.25, 0.3) is 11.8 Å². The minimum absolute atomic E-state index is 0.498. The van der Waals surface area contributed by atoms with E-state index in [1.165, 1.54) is 0 Å². The van der Waals surface area contributed by atoms with E-state index >= 15 is 0 Å². The Bertz CT molecular complexity index is 882. The van der Waals surface area contributed by atoms with Gasteiger partial charge in [-0.2, -0.15) is 4.89 Å². The van der Waals surface area contributed by atoms with Gasteiger partial charge in [-0.3, -0.25) is 0 Å². The molecule has 0 amide bonds. The first kappa shape index (κ1) is 11.3. The summed E-state index contributed by atoms with van der Waals surface area (Å²) in [5, 5.41) is 2.19. The Morgan fingerprint density at radius 3 is 2.76 bits per heavy atom. The van der Waals surface area contributed by atoms with Crippen molar-refractivity contribution in [2.75, 3.05) is 0 Å². The molecule has 102 valence electrons. The summed E-state index contributed by atoms with van der Waals surface area (Å²) in [4.78, 5) is 10.6. The summed E-state index contributed by atoms with van der Waals surface area (Å²) in [6.07, 6.45) is 5.34. The van der Waals surface area contributed by atoms with Crippen LogP contribution in [0.4, 0.5) is 0 Å². The van der Waals surface area contributed by atoms with E-state index in [9.17, 15) is 0 Å². The Kier molecular flexibility index (Phi) is 2.07. The number of hydrogen-bond donors (Lipinski definition) is 0. The van der Waals surface area contributed by atoms with E-state index in [1.807, 2.05) is 30.3 Å². The first-order valence-corrected chi connectivity index (χ1v) is 6.97. The molecule has 3 heterocycles. The third-order valence-electron chi connectivity index (χ3n) is 4.35. The van der Waals surface area contributed by atoms with E-state index in [1.54, 1.807) is 6.26 Å². The van der Waals surface area contributed by atoms with Crippen molar-refractivity contribution in [2.45, 2.75) is 11.9 Å². The normalized spacial score (nSPS) is 27.8. The van der Waals surface area contributed by atoms with Crippen LogP contribution in [-0.2, 0) is 20.1 Å². The quantitative estimate of drug-likeness (QED) is 0.742. The summed E-state index contributed by atoms with van der Waals surface area (Å²) in [6, 6.07) is 16.4. The van der Waals surface area contributed by atoms with Crippen molar-refractivity contribution >= 4 is 11.8 Å². The molecule has 2 aromatic carbocycles. The topological polar surface area (TPSA) is 27.7 Å². The fourth-order valence-corrected chi connectivity index (χ4v) is 3.42. The van der Waals surface area contributed by atoms with E-state index in [4.69, 9.17) is 14.5 Å². The first-order valence-electron chi connectivity index (χ1n) is 6.97. The lowest BCUT2D eigenvalue weighted by molar-refractivity contribution is -0.330. The first-order chi connectivity index (χ1) is 10.4. The highest BCUT2D eigenvalue weighted by molar-refractivity contribution is 5.69. The van der Waals surface area contributed by atoms with E-state index in [0.29, 0.717) is 0 Å². The molecule has 4 aliphatic rings. The van der Waals surface area contributed by atoms with Gasteiger partial charge in [0.05, 0.1) is 0 Å². The average molecular weight is 276 g/mol. The van der Waals surface area contributed by atoms with Gasteiger partial charge in [0.1, 0.15) is 11.9 Å². The van der Waals surface area contributed by atoms with Crippen LogP contribution < -0.4 is 10.4 Å². The van der Waals surface area contributed by atoms with Crippen LogP contribution in [0.2, 0.25) is 0 Å². The lowest BCUT2D eigenvalue weighted by Gasteiger charge is -2.42. The summed E-state index contributed by atoms with van der Waals surface area (Å²) < 4.78 is 6.27. The van der Waals surface area contributed by atoms with E-state index < -0.39 is 11.9 Å². The molecule has 0 saturated carbocycles. The largest absolute Gasteiger partial charge is 0.342 e. The monoisotopic (exact) mass is 276 g/mol. The third kappa shape index (κ3) is 1.35. The summed E-state index contributed by atoms with van der Waals surface area (Å²) >= 11 is 0. The van der Waals surface area contributed by atoms with Crippen LogP contribution in [0.3, 0.4) is 0 Å². The molecule has 3 nitrogen and oxygen atoms in total. The van der Waals surface area contributed by atoms with Crippen molar-refractivity contribution in [1.82, 2.24) is 0 Å². The van der Waals surface area contributed by atoms with Crippen LogP contribution in [0, 0.1) is 0 Å². The van der Waals surface area contributed by atoms with Gasteiger partial charge >= 0.3 is 0 Å². The summed E-state index contributed by atoms with van der Waals surface area (Å²) in [5.41, 5.74) is 2.65. The molecule has 0 radical (unpaired) electrons. The maximum Gasteiger partial charge on any atom is 0.231 e. The fraction of sp³-hybridized carbons (Fsp3) is 0.111. The van der Waals surface area contributed by atoms with Crippen molar-refractivity contribution in [3.63, 3.8) is 0 Å². The molecule has 0 spiro atoms. The van der Waals surface area contributed by atoms with Crippen molar-refractivity contribution in [2.24, 2.45) is 0 Å². The van der Waals surface area contributed by atoms with Gasteiger partial charge in [0, 0.05) is 21.6 Å². The Morgan fingerprint density at radius 2 is 1.86 bits per heavy atom. The van der Waals surface area contributed by atoms with Crippen LogP contribution in [0.15, 0.2) is 60.7 Å². The molecular weight excluding hydrogens is 264 g/mol. The number of rotatable bonds is 1. The number of benzene rings is 2. The summed E-state index contributed by atoms with van der Waals surface area (Å²) in [6.45, 7) is 0. The van der Waals surface area contributed by atoms with Crippen LogP contribution in [0.5, 0.6) is 0 Å². The standard InChI is InChI=1S/C18H12O3/c1-2-6-13(7-3-1)18-10-9-14-16-12(5-4-8-15(16)18)11-19-21-17(14)20-18/h1-11,17H. The molecule has 0 saturated heterocycles. The van der Waals surface area contributed by atoms with Gasteiger partial charge in [0.2, 0.25) is 6.29 Å². The zero-order chi connectivity index (χ0) is 13.9. The van der Waals surface area contributed by atoms with E-state index in [0.717, 1.165) is 27.1 Å². The highest BCUT2D eigenvalue weighted by Crippen LogP contribution is 2.43. The van der Waals surface area contributed by atoms with Gasteiger partial charge in [-0.05, 0) is 11.6 Å². The van der Waals surface area contributed by atoms with Crippen molar-refractivity contribution < 1.29 is 14.5 Å². The third-order valence-corrected chi connectivity index (χ3v) is 4.35. The van der Waals surface area contributed by atoms with Gasteiger partial charge < -0.3 is 9.62 Å². The molecule has 6 rings (SSSR count). The Hall–Kier alpha value is -2.36. The SMILES string of the molecule is C1=CC2(c3ccccc3)OC3OOC=c4cccc2c4=C13. The maximum atomic E-state index is 6.27. The molecule has 21 heavy (non-hydrogen) atoms. The lowest BCUT2D eigenvalue weighted by atomic mass is 9.77. The zero-order valence-electron chi connectivity index (χ0n) is 11.2. The second-order valence-electron chi connectivity index (χ2n) is 5.42. The maximum absolute atomic E-state index is 6.27. The molecular formula is C18H12O3. The van der Waals surface area contributed by atoms with Gasteiger partial charge in [-0.1, -0.05) is 54.6 Å². The molecule has 1 aliphatic carbocycles. The highest BCUT2D eigenvalue weighted by Gasteiger charge is 2.45. The average Bonchev–Trinajstić information content (AvgIpc) is 2.73.